The number of nitrogens with one attached hydrogen (secondary N) is 1. The number of aliphatic hydroxyl groups is 1. The van der Waals surface area contributed by atoms with E-state index in [1.54, 1.807) is 0 Å². The van der Waals surface area contributed by atoms with Gasteiger partial charge < -0.3 is 10.4 Å². The molecule has 0 bridgehead atoms. The van der Waals surface area contributed by atoms with Crippen LogP contribution in [0.15, 0.2) is 18.2 Å². The molecule has 1 aromatic rings. The summed E-state index contributed by atoms with van der Waals surface area (Å²) in [5.41, 5.74) is 1.18. The quantitative estimate of drug-likeness (QED) is 0.806. The van der Waals surface area contributed by atoms with E-state index in [9.17, 15) is 0 Å². The second kappa shape index (κ2) is 8.96. The molecular formula is C16H24Cl2N2O. The molecule has 0 saturated carbocycles. The van der Waals surface area contributed by atoms with E-state index in [0.717, 1.165) is 45.1 Å². The summed E-state index contributed by atoms with van der Waals surface area (Å²) in [4.78, 5) is 2.42. The Morgan fingerprint density at radius 1 is 1.19 bits per heavy atom. The summed E-state index contributed by atoms with van der Waals surface area (Å²) in [6, 6.07) is 5.83. The number of aliphatic hydroxyl groups excluding tert-OH is 1. The van der Waals surface area contributed by atoms with Crippen molar-refractivity contribution in [1.82, 2.24) is 10.2 Å². The van der Waals surface area contributed by atoms with Gasteiger partial charge in [0.05, 0.1) is 10.0 Å². The van der Waals surface area contributed by atoms with Gasteiger partial charge >= 0.3 is 0 Å². The molecule has 0 unspecified atom stereocenters. The van der Waals surface area contributed by atoms with Gasteiger partial charge in [-0.15, -0.1) is 0 Å². The molecule has 0 radical (unpaired) electrons. The van der Waals surface area contributed by atoms with Crippen molar-refractivity contribution >= 4 is 23.2 Å². The average molecular weight is 331 g/mol. The van der Waals surface area contributed by atoms with Crippen molar-refractivity contribution in [3.8, 4) is 0 Å². The van der Waals surface area contributed by atoms with Gasteiger partial charge in [-0.3, -0.25) is 4.90 Å². The van der Waals surface area contributed by atoms with Gasteiger partial charge in [0.1, 0.15) is 0 Å². The zero-order valence-corrected chi connectivity index (χ0v) is 13.8. The number of rotatable bonds is 7. The third-order valence-electron chi connectivity index (χ3n) is 4.00. The highest BCUT2D eigenvalue weighted by Crippen LogP contribution is 2.24. The van der Waals surface area contributed by atoms with Crippen LogP contribution in [0.3, 0.4) is 0 Å². The summed E-state index contributed by atoms with van der Waals surface area (Å²) >= 11 is 12.1. The van der Waals surface area contributed by atoms with Crippen LogP contribution < -0.4 is 5.32 Å². The van der Waals surface area contributed by atoms with Crippen LogP contribution in [-0.2, 0) is 6.54 Å². The third-order valence-corrected chi connectivity index (χ3v) is 4.74. The molecule has 1 saturated heterocycles. The van der Waals surface area contributed by atoms with Crippen molar-refractivity contribution < 1.29 is 5.11 Å². The zero-order valence-electron chi connectivity index (χ0n) is 12.3. The van der Waals surface area contributed by atoms with Crippen molar-refractivity contribution in [2.45, 2.75) is 25.8 Å². The second-order valence-electron chi connectivity index (χ2n) is 5.75. The van der Waals surface area contributed by atoms with E-state index in [1.165, 1.54) is 18.4 Å². The fraction of sp³-hybridized carbons (Fsp3) is 0.625. The van der Waals surface area contributed by atoms with Crippen molar-refractivity contribution in [2.24, 2.45) is 5.92 Å². The SMILES string of the molecule is OCCCN(Cc1ccc(Cl)c(Cl)c1)CC1CCNCC1. The molecule has 0 aromatic heterocycles. The molecule has 0 atom stereocenters. The maximum Gasteiger partial charge on any atom is 0.0595 e. The van der Waals surface area contributed by atoms with Crippen LogP contribution in [0.1, 0.15) is 24.8 Å². The minimum absolute atomic E-state index is 0.240. The molecule has 118 valence electrons. The predicted molar refractivity (Wildman–Crippen MR) is 89.0 cm³/mol. The highest BCUT2D eigenvalue weighted by atomic mass is 35.5. The standard InChI is InChI=1S/C16H24Cl2N2O/c17-15-3-2-14(10-16(15)18)12-20(8-1-9-21)11-13-4-6-19-7-5-13/h2-3,10,13,19,21H,1,4-9,11-12H2. The van der Waals surface area contributed by atoms with E-state index in [0.29, 0.717) is 10.0 Å². The number of piperidine rings is 1. The molecule has 1 aromatic carbocycles. The number of benzene rings is 1. The Bertz CT molecular complexity index is 436. The third kappa shape index (κ3) is 5.76. The molecule has 0 amide bonds. The van der Waals surface area contributed by atoms with Gasteiger partial charge in [-0.25, -0.2) is 0 Å². The summed E-state index contributed by atoms with van der Waals surface area (Å²) in [5, 5.41) is 13.7. The van der Waals surface area contributed by atoms with Crippen molar-refractivity contribution in [1.29, 1.82) is 0 Å². The van der Waals surface area contributed by atoms with Gasteiger partial charge in [-0.05, 0) is 56.0 Å². The summed E-state index contributed by atoms with van der Waals surface area (Å²) < 4.78 is 0. The minimum atomic E-state index is 0.240. The van der Waals surface area contributed by atoms with Crippen molar-refractivity contribution in [3.05, 3.63) is 33.8 Å². The number of halogens is 2. The fourth-order valence-electron chi connectivity index (χ4n) is 2.85. The van der Waals surface area contributed by atoms with Gasteiger partial charge in [0.2, 0.25) is 0 Å². The highest BCUT2D eigenvalue weighted by Gasteiger charge is 2.17. The first-order valence-corrected chi connectivity index (χ1v) is 8.42. The molecule has 1 aliphatic heterocycles. The molecule has 2 N–H and O–H groups in total. The lowest BCUT2D eigenvalue weighted by atomic mass is 9.97. The molecule has 21 heavy (non-hydrogen) atoms. The Morgan fingerprint density at radius 2 is 1.95 bits per heavy atom. The van der Waals surface area contributed by atoms with Crippen LogP contribution in [-0.4, -0.2) is 42.8 Å². The Morgan fingerprint density at radius 3 is 2.62 bits per heavy atom. The molecule has 2 rings (SSSR count). The summed E-state index contributed by atoms with van der Waals surface area (Å²) in [5.74, 6) is 0.743. The van der Waals surface area contributed by atoms with E-state index in [-0.39, 0.29) is 6.61 Å². The van der Waals surface area contributed by atoms with Crippen LogP contribution in [0.5, 0.6) is 0 Å². The maximum absolute atomic E-state index is 9.09. The molecule has 1 aliphatic rings. The van der Waals surface area contributed by atoms with Gasteiger partial charge in [-0.1, -0.05) is 29.3 Å². The van der Waals surface area contributed by atoms with Gasteiger partial charge in [0.25, 0.3) is 0 Å². The molecule has 3 nitrogen and oxygen atoms in total. The van der Waals surface area contributed by atoms with Gasteiger partial charge in [-0.2, -0.15) is 0 Å². The molecule has 1 fully saturated rings. The Hall–Kier alpha value is -0.320. The number of nitrogens with zero attached hydrogens (tertiary/aromatic N) is 1. The molecule has 5 heteroatoms. The lowest BCUT2D eigenvalue weighted by Crippen LogP contribution is -2.36. The smallest absolute Gasteiger partial charge is 0.0595 e. The Balaban J connectivity index is 1.95. The first-order chi connectivity index (χ1) is 10.2. The lowest BCUT2D eigenvalue weighted by Gasteiger charge is -2.30. The van der Waals surface area contributed by atoms with Crippen LogP contribution in [0.4, 0.5) is 0 Å². The predicted octanol–water partition coefficient (Wildman–Crippen LogP) is 3.18. The van der Waals surface area contributed by atoms with Crippen LogP contribution >= 0.6 is 23.2 Å². The molecule has 0 spiro atoms. The normalized spacial score (nSPS) is 16.6. The molecule has 1 heterocycles. The van der Waals surface area contributed by atoms with E-state index in [1.807, 2.05) is 18.2 Å². The zero-order chi connectivity index (χ0) is 15.1. The second-order valence-corrected chi connectivity index (χ2v) is 6.57. The van der Waals surface area contributed by atoms with Gasteiger partial charge in [0.15, 0.2) is 0 Å². The lowest BCUT2D eigenvalue weighted by molar-refractivity contribution is 0.178. The Kier molecular flexibility index (Phi) is 7.27. The van der Waals surface area contributed by atoms with E-state index >= 15 is 0 Å². The Labute approximate surface area is 137 Å². The summed E-state index contributed by atoms with van der Waals surface area (Å²) in [6.07, 6.45) is 3.28. The summed E-state index contributed by atoms with van der Waals surface area (Å²) in [6.45, 7) is 5.34. The fourth-order valence-corrected chi connectivity index (χ4v) is 3.18. The molecular weight excluding hydrogens is 307 g/mol. The van der Waals surface area contributed by atoms with E-state index in [2.05, 4.69) is 10.2 Å². The largest absolute Gasteiger partial charge is 0.396 e. The highest BCUT2D eigenvalue weighted by molar-refractivity contribution is 6.42. The van der Waals surface area contributed by atoms with E-state index in [4.69, 9.17) is 28.3 Å². The number of hydrogen-bond acceptors (Lipinski definition) is 3. The molecule has 0 aliphatic carbocycles. The van der Waals surface area contributed by atoms with E-state index < -0.39 is 0 Å². The summed E-state index contributed by atoms with van der Waals surface area (Å²) in [7, 11) is 0. The topological polar surface area (TPSA) is 35.5 Å². The van der Waals surface area contributed by atoms with Crippen LogP contribution in [0.25, 0.3) is 0 Å². The monoisotopic (exact) mass is 330 g/mol. The minimum Gasteiger partial charge on any atom is -0.396 e. The average Bonchev–Trinajstić information content (AvgIpc) is 2.49. The van der Waals surface area contributed by atoms with Crippen molar-refractivity contribution in [2.75, 3.05) is 32.8 Å². The van der Waals surface area contributed by atoms with Crippen LogP contribution in [0, 0.1) is 5.92 Å². The maximum atomic E-state index is 9.09. The van der Waals surface area contributed by atoms with Gasteiger partial charge in [0, 0.05) is 26.2 Å². The number of hydrogen-bond donors (Lipinski definition) is 2. The first kappa shape index (κ1) is 17.0. The first-order valence-electron chi connectivity index (χ1n) is 7.67. The van der Waals surface area contributed by atoms with Crippen LogP contribution in [0.2, 0.25) is 10.0 Å². The van der Waals surface area contributed by atoms with Crippen molar-refractivity contribution in [3.63, 3.8) is 0 Å².